The highest BCUT2D eigenvalue weighted by molar-refractivity contribution is 9.10. The second-order valence-corrected chi connectivity index (χ2v) is 6.83. The molecular formula is C20H17BrN2O3S. The normalized spacial score (nSPS) is 10.3. The predicted octanol–water partition coefficient (Wildman–Crippen LogP) is 4.75. The number of benzene rings is 3. The predicted molar refractivity (Wildman–Crippen MR) is 115 cm³/mol. The summed E-state index contributed by atoms with van der Waals surface area (Å²) in [6.45, 7) is 0. The standard InChI is InChI=1S/C20H17BrN2O3S/c1-25-14-9-7-13(8-10-14)22-20(27)23-19(24)16-11-12-5-3-4-6-15(12)17(21)18(16)26-2/h3-11H,1-2H3,(H2,22,23,24,27). The number of carbonyl (C=O) groups excluding carboxylic acids is 1. The van der Waals surface area contributed by atoms with Gasteiger partial charge in [0.1, 0.15) is 11.5 Å². The average molecular weight is 445 g/mol. The van der Waals surface area contributed by atoms with Gasteiger partial charge in [-0.05, 0) is 69.3 Å². The van der Waals surface area contributed by atoms with Crippen molar-refractivity contribution in [2.75, 3.05) is 19.5 Å². The van der Waals surface area contributed by atoms with Crippen molar-refractivity contribution in [3.63, 3.8) is 0 Å². The minimum absolute atomic E-state index is 0.191. The van der Waals surface area contributed by atoms with E-state index in [2.05, 4.69) is 26.6 Å². The Hall–Kier alpha value is -2.64. The Morgan fingerprint density at radius 3 is 2.41 bits per heavy atom. The first-order valence-corrected chi connectivity index (χ1v) is 9.25. The summed E-state index contributed by atoms with van der Waals surface area (Å²) in [5.41, 5.74) is 1.13. The van der Waals surface area contributed by atoms with E-state index in [0.717, 1.165) is 26.7 Å². The molecule has 0 bridgehead atoms. The third-order valence-electron chi connectivity index (χ3n) is 3.96. The van der Waals surface area contributed by atoms with Crippen LogP contribution in [0.5, 0.6) is 11.5 Å². The van der Waals surface area contributed by atoms with E-state index >= 15 is 0 Å². The molecule has 0 unspecified atom stereocenters. The summed E-state index contributed by atoms with van der Waals surface area (Å²) < 4.78 is 11.3. The Bertz CT molecular complexity index is 1010. The Morgan fingerprint density at radius 2 is 1.74 bits per heavy atom. The van der Waals surface area contributed by atoms with Gasteiger partial charge in [-0.25, -0.2) is 0 Å². The molecule has 0 aliphatic rings. The molecule has 138 valence electrons. The van der Waals surface area contributed by atoms with Crippen LogP contribution in [0.1, 0.15) is 10.4 Å². The molecule has 0 aliphatic carbocycles. The minimum Gasteiger partial charge on any atom is -0.497 e. The van der Waals surface area contributed by atoms with E-state index in [4.69, 9.17) is 21.7 Å². The molecule has 5 nitrogen and oxygen atoms in total. The van der Waals surface area contributed by atoms with E-state index in [1.807, 2.05) is 36.4 Å². The Labute approximate surface area is 170 Å². The first-order chi connectivity index (χ1) is 13.0. The molecule has 0 atom stereocenters. The van der Waals surface area contributed by atoms with E-state index in [1.54, 1.807) is 25.3 Å². The molecule has 0 saturated carbocycles. The van der Waals surface area contributed by atoms with Gasteiger partial charge < -0.3 is 14.8 Å². The number of nitrogens with one attached hydrogen (secondary N) is 2. The van der Waals surface area contributed by atoms with Crippen molar-refractivity contribution in [2.24, 2.45) is 0 Å². The molecule has 0 saturated heterocycles. The van der Waals surface area contributed by atoms with Gasteiger partial charge in [-0.2, -0.15) is 0 Å². The number of rotatable bonds is 4. The number of methoxy groups -OCH3 is 2. The SMILES string of the molecule is COc1ccc(NC(=S)NC(=O)c2cc3ccccc3c(Br)c2OC)cc1. The molecule has 27 heavy (non-hydrogen) atoms. The first kappa shape index (κ1) is 19.1. The zero-order valence-electron chi connectivity index (χ0n) is 14.7. The molecule has 3 aromatic rings. The van der Waals surface area contributed by atoms with Gasteiger partial charge >= 0.3 is 0 Å². The summed E-state index contributed by atoms with van der Waals surface area (Å²) in [6.07, 6.45) is 0. The molecule has 3 rings (SSSR count). The smallest absolute Gasteiger partial charge is 0.261 e. The molecule has 0 spiro atoms. The van der Waals surface area contributed by atoms with Crippen molar-refractivity contribution in [3.05, 3.63) is 64.6 Å². The Morgan fingerprint density at radius 1 is 1.04 bits per heavy atom. The van der Waals surface area contributed by atoms with Crippen LogP contribution in [0.25, 0.3) is 10.8 Å². The first-order valence-electron chi connectivity index (χ1n) is 8.05. The van der Waals surface area contributed by atoms with Gasteiger partial charge in [0.25, 0.3) is 5.91 Å². The van der Waals surface area contributed by atoms with E-state index in [0.29, 0.717) is 11.3 Å². The molecule has 7 heteroatoms. The van der Waals surface area contributed by atoms with Crippen LogP contribution in [0.2, 0.25) is 0 Å². The Kier molecular flexibility index (Phi) is 5.93. The monoisotopic (exact) mass is 444 g/mol. The van der Waals surface area contributed by atoms with Crippen molar-refractivity contribution in [3.8, 4) is 11.5 Å². The summed E-state index contributed by atoms with van der Waals surface area (Å²) in [5.74, 6) is 0.837. The number of hydrogen-bond acceptors (Lipinski definition) is 4. The lowest BCUT2D eigenvalue weighted by molar-refractivity contribution is 0.0975. The largest absolute Gasteiger partial charge is 0.497 e. The van der Waals surface area contributed by atoms with Crippen LogP contribution in [0.3, 0.4) is 0 Å². The molecule has 0 fully saturated rings. The minimum atomic E-state index is -0.357. The zero-order valence-corrected chi connectivity index (χ0v) is 17.1. The van der Waals surface area contributed by atoms with E-state index in [9.17, 15) is 4.79 Å². The maximum absolute atomic E-state index is 12.8. The molecule has 0 aromatic heterocycles. The third kappa shape index (κ3) is 4.20. The summed E-state index contributed by atoms with van der Waals surface area (Å²) in [4.78, 5) is 12.8. The average Bonchev–Trinajstić information content (AvgIpc) is 2.68. The second kappa shape index (κ2) is 8.37. The van der Waals surface area contributed by atoms with Crippen LogP contribution in [0.15, 0.2) is 59.1 Å². The number of thiocarbonyl (C=S) groups is 1. The second-order valence-electron chi connectivity index (χ2n) is 5.63. The van der Waals surface area contributed by atoms with Gasteiger partial charge in [-0.1, -0.05) is 24.3 Å². The van der Waals surface area contributed by atoms with E-state index in [1.165, 1.54) is 7.11 Å². The fraction of sp³-hybridized carbons (Fsp3) is 0.100. The number of carbonyl (C=O) groups is 1. The highest BCUT2D eigenvalue weighted by Crippen LogP contribution is 2.36. The van der Waals surface area contributed by atoms with Crippen LogP contribution >= 0.6 is 28.1 Å². The van der Waals surface area contributed by atoms with Gasteiger partial charge in [-0.15, -0.1) is 0 Å². The van der Waals surface area contributed by atoms with E-state index in [-0.39, 0.29) is 11.0 Å². The van der Waals surface area contributed by atoms with Gasteiger partial charge in [-0.3, -0.25) is 10.1 Å². The Balaban J connectivity index is 1.81. The lowest BCUT2D eigenvalue weighted by Crippen LogP contribution is -2.34. The van der Waals surface area contributed by atoms with Crippen LogP contribution < -0.4 is 20.1 Å². The number of amides is 1. The summed E-state index contributed by atoms with van der Waals surface area (Å²) in [7, 11) is 3.13. The highest BCUT2D eigenvalue weighted by Gasteiger charge is 2.19. The number of halogens is 1. The molecule has 0 heterocycles. The van der Waals surface area contributed by atoms with Crippen LogP contribution in [-0.2, 0) is 0 Å². The summed E-state index contributed by atoms with van der Waals surface area (Å²) in [6, 6.07) is 16.7. The van der Waals surface area contributed by atoms with Gasteiger partial charge in [0.2, 0.25) is 0 Å². The number of hydrogen-bond donors (Lipinski definition) is 2. The maximum Gasteiger partial charge on any atom is 0.261 e. The van der Waals surface area contributed by atoms with Gasteiger partial charge in [0, 0.05) is 5.69 Å². The molecule has 0 aliphatic heterocycles. The molecule has 3 aromatic carbocycles. The van der Waals surface area contributed by atoms with Gasteiger partial charge in [0.05, 0.1) is 24.3 Å². The van der Waals surface area contributed by atoms with Gasteiger partial charge in [0.15, 0.2) is 5.11 Å². The molecule has 0 radical (unpaired) electrons. The van der Waals surface area contributed by atoms with Crippen molar-refractivity contribution in [1.82, 2.24) is 5.32 Å². The number of ether oxygens (including phenoxy) is 2. The van der Waals surface area contributed by atoms with Crippen molar-refractivity contribution >= 4 is 55.6 Å². The number of fused-ring (bicyclic) bond motifs is 1. The maximum atomic E-state index is 12.8. The zero-order chi connectivity index (χ0) is 19.4. The number of anilines is 1. The van der Waals surface area contributed by atoms with Crippen molar-refractivity contribution in [1.29, 1.82) is 0 Å². The highest BCUT2D eigenvalue weighted by atomic mass is 79.9. The molecule has 2 N–H and O–H groups in total. The summed E-state index contributed by atoms with van der Waals surface area (Å²) in [5, 5.41) is 7.74. The fourth-order valence-electron chi connectivity index (χ4n) is 2.66. The lowest BCUT2D eigenvalue weighted by atomic mass is 10.1. The van der Waals surface area contributed by atoms with Crippen molar-refractivity contribution < 1.29 is 14.3 Å². The van der Waals surface area contributed by atoms with Crippen LogP contribution in [0, 0.1) is 0 Å². The topological polar surface area (TPSA) is 59.6 Å². The van der Waals surface area contributed by atoms with Crippen molar-refractivity contribution in [2.45, 2.75) is 0 Å². The quantitative estimate of drug-likeness (QED) is 0.568. The lowest BCUT2D eigenvalue weighted by Gasteiger charge is -2.14. The molecule has 1 amide bonds. The van der Waals surface area contributed by atoms with Crippen LogP contribution in [0.4, 0.5) is 5.69 Å². The fourth-order valence-corrected chi connectivity index (χ4v) is 3.61. The van der Waals surface area contributed by atoms with E-state index < -0.39 is 0 Å². The molecular weight excluding hydrogens is 428 g/mol. The summed E-state index contributed by atoms with van der Waals surface area (Å²) >= 11 is 8.78. The van der Waals surface area contributed by atoms with Crippen LogP contribution in [-0.4, -0.2) is 25.2 Å². The third-order valence-corrected chi connectivity index (χ3v) is 4.96.